The Hall–Kier alpha value is -5.23. The first-order chi connectivity index (χ1) is 45.5. The van der Waals surface area contributed by atoms with Gasteiger partial charge in [0, 0.05) is 154 Å². The quantitative estimate of drug-likeness (QED) is 0.0713. The van der Waals surface area contributed by atoms with Gasteiger partial charge in [-0.15, -0.1) is 0 Å². The number of hydrogen-bond acceptors (Lipinski definition) is 18. The van der Waals surface area contributed by atoms with Crippen LogP contribution in [0, 0.1) is 30.6 Å². The molecule has 0 spiro atoms. The Morgan fingerprint density at radius 2 is 0.871 bits per heavy atom. The fourth-order valence-corrected chi connectivity index (χ4v) is 12.8. The van der Waals surface area contributed by atoms with Crippen molar-refractivity contribution in [3.63, 3.8) is 0 Å². The molecule has 14 heterocycles. The predicted molar refractivity (Wildman–Crippen MR) is 384 cm³/mol. The first-order valence-corrected chi connectivity index (χ1v) is 34.9. The average molecular weight is 1280 g/mol. The zero-order valence-corrected chi connectivity index (χ0v) is 57.4. The monoisotopic (exact) mass is 1280 g/mol. The molecular weight excluding hydrogens is 1160 g/mol. The van der Waals surface area contributed by atoms with Crippen LogP contribution in [0.15, 0.2) is 146 Å². The van der Waals surface area contributed by atoms with E-state index in [1.54, 1.807) is 48.9 Å². The van der Waals surface area contributed by atoms with Gasteiger partial charge in [-0.05, 0) is 193 Å². The van der Waals surface area contributed by atoms with E-state index in [9.17, 15) is 0 Å². The first-order valence-electron chi connectivity index (χ1n) is 34.9. The Morgan fingerprint density at radius 3 is 1.18 bits per heavy atom. The number of pyridine rings is 3. The third-order valence-corrected chi connectivity index (χ3v) is 18.3. The third kappa shape index (κ3) is 34.8. The summed E-state index contributed by atoms with van der Waals surface area (Å²) < 4.78 is 5.10. The summed E-state index contributed by atoms with van der Waals surface area (Å²) in [5.41, 5.74) is 28.6. The molecule has 0 amide bonds. The molecule has 11 N–H and O–H groups in total. The number of aromatic nitrogens is 3. The largest absolute Gasteiger partial charge is 0.395 e. The second-order valence-electron chi connectivity index (χ2n) is 25.8. The van der Waals surface area contributed by atoms with E-state index in [1.165, 1.54) is 141 Å². The number of aliphatic hydroxyl groups excluding tert-OH is 3. The minimum atomic E-state index is 0.0694. The number of ether oxygens (including phenoxy) is 1. The number of rotatable bonds is 10. The molecule has 18 heteroatoms. The average Bonchev–Trinajstić information content (AvgIpc) is 0.879. The lowest BCUT2D eigenvalue weighted by Gasteiger charge is -2.51. The van der Waals surface area contributed by atoms with Crippen LogP contribution >= 0.6 is 0 Å². The Kier molecular flexibility index (Phi) is 41.6. The highest BCUT2D eigenvalue weighted by Gasteiger charge is 2.40. The SMILES string of the molecule is C1C2CC3CC1CN(C2)C3.C1CN2CCC1CC2.C1CN2CCN1CC2.CN1CCCCC1.CN1CCOCC1.Cc1ccncc1.NCc1ccc(CN)cc1.NCc1cccc(CN)c1.OCCN(CCO)CCO.c1ccc2ncccc2c1.c1ccncc1. The molecule has 0 unspecified atom stereocenters. The van der Waals surface area contributed by atoms with Crippen LogP contribution in [0.2, 0.25) is 0 Å². The van der Waals surface area contributed by atoms with E-state index in [0.717, 1.165) is 77.7 Å². The third-order valence-electron chi connectivity index (χ3n) is 18.3. The van der Waals surface area contributed by atoms with E-state index in [-0.39, 0.29) is 19.8 Å². The summed E-state index contributed by atoms with van der Waals surface area (Å²) >= 11 is 0. The summed E-state index contributed by atoms with van der Waals surface area (Å²) in [7, 11) is 4.31. The van der Waals surface area contributed by atoms with Crippen LogP contribution in [0.1, 0.15) is 85.6 Å². The van der Waals surface area contributed by atoms with Gasteiger partial charge in [0.25, 0.3) is 0 Å². The molecule has 6 aromatic rings. The van der Waals surface area contributed by atoms with Crippen molar-refractivity contribution in [1.29, 1.82) is 0 Å². The smallest absolute Gasteiger partial charge is 0.0701 e. The molecule has 3 aromatic heterocycles. The van der Waals surface area contributed by atoms with Gasteiger partial charge in [-0.25, -0.2) is 0 Å². The number of para-hydroxylation sites is 1. The van der Waals surface area contributed by atoms with E-state index in [2.05, 4.69) is 70.6 Å². The van der Waals surface area contributed by atoms with Crippen LogP contribution in [0.3, 0.4) is 0 Å². The van der Waals surface area contributed by atoms with Crippen LogP contribution < -0.4 is 22.9 Å². The molecule has 1 aliphatic carbocycles. The molecule has 8 bridgehead atoms. The van der Waals surface area contributed by atoms with Gasteiger partial charge in [-0.1, -0.05) is 85.3 Å². The second kappa shape index (κ2) is 49.3. The summed E-state index contributed by atoms with van der Waals surface area (Å²) in [4.78, 5) is 28.6. The molecule has 12 aliphatic rings. The molecule has 516 valence electrons. The van der Waals surface area contributed by atoms with Crippen molar-refractivity contribution in [2.45, 2.75) is 90.9 Å². The van der Waals surface area contributed by atoms with Crippen LogP contribution in [-0.2, 0) is 30.9 Å². The number of nitrogens with two attached hydrogens (primary N) is 4. The van der Waals surface area contributed by atoms with Gasteiger partial charge in [0.05, 0.1) is 38.6 Å². The van der Waals surface area contributed by atoms with Gasteiger partial charge in [-0.3, -0.25) is 29.7 Å². The van der Waals surface area contributed by atoms with Crippen LogP contribution in [0.25, 0.3) is 10.9 Å². The van der Waals surface area contributed by atoms with Crippen molar-refractivity contribution >= 4 is 10.9 Å². The maximum Gasteiger partial charge on any atom is 0.0701 e. The first kappa shape index (κ1) is 78.5. The number of likely N-dealkylation sites (tertiary alicyclic amines) is 1. The molecular formula is C75H122N14O4. The molecule has 1 saturated carbocycles. The number of piperazine rings is 3. The summed E-state index contributed by atoms with van der Waals surface area (Å²) in [6, 6.07) is 37.8. The Labute approximate surface area is 560 Å². The molecule has 12 fully saturated rings. The van der Waals surface area contributed by atoms with Crippen molar-refractivity contribution < 1.29 is 20.1 Å². The highest BCUT2D eigenvalue weighted by Crippen LogP contribution is 2.43. The fraction of sp³-hybridized carbons (Fsp3) is 0.587. The Balaban J connectivity index is 0.000000186. The Bertz CT molecular complexity index is 2400. The lowest BCUT2D eigenvalue weighted by atomic mass is 9.68. The molecule has 93 heavy (non-hydrogen) atoms. The van der Waals surface area contributed by atoms with Gasteiger partial charge in [0.15, 0.2) is 0 Å². The van der Waals surface area contributed by atoms with Crippen molar-refractivity contribution in [2.24, 2.45) is 46.6 Å². The summed E-state index contributed by atoms with van der Waals surface area (Å²) in [5.74, 6) is 4.42. The number of aliphatic hydroxyl groups is 3. The van der Waals surface area contributed by atoms with E-state index < -0.39 is 0 Å². The topological polar surface area (TPSA) is 235 Å². The van der Waals surface area contributed by atoms with E-state index in [1.807, 2.05) is 116 Å². The normalized spacial score (nSPS) is 23.3. The summed E-state index contributed by atoms with van der Waals surface area (Å²) in [5, 5.41) is 26.7. The number of fused-ring (bicyclic) bond motifs is 7. The Morgan fingerprint density at radius 1 is 0.430 bits per heavy atom. The number of piperidine rings is 7. The molecule has 3 aromatic carbocycles. The number of benzene rings is 3. The van der Waals surface area contributed by atoms with Crippen molar-refractivity contribution in [3.05, 3.63) is 174 Å². The maximum atomic E-state index is 8.48. The molecule has 0 radical (unpaired) electrons. The zero-order valence-electron chi connectivity index (χ0n) is 57.4. The molecule has 11 saturated heterocycles. The van der Waals surface area contributed by atoms with E-state index in [0.29, 0.717) is 45.8 Å². The van der Waals surface area contributed by atoms with Crippen LogP contribution in [0.4, 0.5) is 0 Å². The predicted octanol–water partition coefficient (Wildman–Crippen LogP) is 7.30. The lowest BCUT2D eigenvalue weighted by Crippen LogP contribution is -2.55. The van der Waals surface area contributed by atoms with Gasteiger partial charge < -0.3 is 62.6 Å². The van der Waals surface area contributed by atoms with Crippen LogP contribution in [-0.4, -0.2) is 236 Å². The lowest BCUT2D eigenvalue weighted by molar-refractivity contribution is -0.0169. The van der Waals surface area contributed by atoms with Crippen molar-refractivity contribution in [1.82, 2.24) is 49.3 Å². The number of likely N-dealkylation sites (N-methyl/N-ethyl adjacent to an activating group) is 1. The summed E-state index contributed by atoms with van der Waals surface area (Å²) in [6.45, 7) is 29.3. The highest BCUT2D eigenvalue weighted by atomic mass is 16.5. The molecule has 0 atom stereocenters. The van der Waals surface area contributed by atoms with E-state index in [4.69, 9.17) is 43.0 Å². The van der Waals surface area contributed by atoms with Gasteiger partial charge in [0.2, 0.25) is 0 Å². The molecule has 11 aliphatic heterocycles. The van der Waals surface area contributed by atoms with Crippen LogP contribution in [0.5, 0.6) is 0 Å². The van der Waals surface area contributed by atoms with Gasteiger partial charge >= 0.3 is 0 Å². The molecule has 18 rings (SSSR count). The van der Waals surface area contributed by atoms with Gasteiger partial charge in [-0.2, -0.15) is 0 Å². The number of aryl methyl sites for hydroxylation is 1. The number of hydrogen-bond donors (Lipinski definition) is 7. The molecule has 18 nitrogen and oxygen atoms in total. The van der Waals surface area contributed by atoms with E-state index >= 15 is 0 Å². The van der Waals surface area contributed by atoms with Crippen molar-refractivity contribution in [3.8, 4) is 0 Å². The standard InChI is InChI=1S/C9H15N.C9H7N.2C8H12N2.C7H13N.C6H12N2.C6H15NO3.C6H7N.C6H13N.C5H11NO.C5H5N/c1-7-2-9-3-8(1)5-10(4-7)6-9;1-2-6-9-8(4-1)5-3-7-10-9;9-5-7-1-2-8(6-10)4-3-7;9-5-7-2-1-3-8(4-7)6-10;1-4-8-5-2-7(1)3-6-8;1-2-8-5-3-7(1)4-6-8;8-4-1-7(2-5-9)3-6-10;1-6-2-4-7-5-3-6;1-7-5-3-2-4-6-7;1-6-2-4-7-5-3-6;1-2-4-6-5-3-1/h7-9H,1-6H2;1-7H;2*1-4H,5-6,9-10H2;7H,1-6H2;1-6H2;8-10H,1-6H2;2-5H,1H3;2-6H2,1H3;2-5H2,1H3;1-5H. The number of morpholine rings is 1. The zero-order chi connectivity index (χ0) is 66.4. The fourth-order valence-electron chi connectivity index (χ4n) is 12.8. The minimum absolute atomic E-state index is 0.0694. The number of nitrogens with zero attached hydrogens (tertiary/aromatic N) is 10. The maximum absolute atomic E-state index is 8.48. The minimum Gasteiger partial charge on any atom is -0.395 e. The highest BCUT2D eigenvalue weighted by molar-refractivity contribution is 5.77. The van der Waals surface area contributed by atoms with Gasteiger partial charge in [0.1, 0.15) is 0 Å². The second-order valence-corrected chi connectivity index (χ2v) is 25.8. The van der Waals surface area contributed by atoms with Crippen molar-refractivity contribution in [2.75, 3.05) is 171 Å². The summed E-state index contributed by atoms with van der Waals surface area (Å²) in [6.07, 6.45) is 22.3.